The van der Waals surface area contributed by atoms with Gasteiger partial charge in [-0.05, 0) is 58.4 Å². The van der Waals surface area contributed by atoms with E-state index in [0.29, 0.717) is 29.2 Å². The predicted molar refractivity (Wildman–Crippen MR) is 149 cm³/mol. The molecule has 0 spiro atoms. The number of hydrogen-bond donors (Lipinski definition) is 2. The average molecular weight is 548 g/mol. The monoisotopic (exact) mass is 547 g/mol. The third kappa shape index (κ3) is 7.20. The molecule has 0 aliphatic rings. The fraction of sp³-hybridized carbons (Fsp3) is 0.333. The number of carbonyl (C=O) groups is 2. The highest BCUT2D eigenvalue weighted by Crippen LogP contribution is 2.25. The van der Waals surface area contributed by atoms with Gasteiger partial charge in [-0.2, -0.15) is 0 Å². The van der Waals surface area contributed by atoms with E-state index in [1.807, 2.05) is 30.3 Å². The number of pyridine rings is 1. The summed E-state index contributed by atoms with van der Waals surface area (Å²) in [6, 6.07) is 18.8. The lowest BCUT2D eigenvalue weighted by atomic mass is 10.0. The molecule has 0 aliphatic heterocycles. The molecule has 2 amide bonds. The maximum absolute atomic E-state index is 14.5. The highest BCUT2D eigenvalue weighted by Gasteiger charge is 2.34. The van der Waals surface area contributed by atoms with Crippen molar-refractivity contribution in [3.63, 3.8) is 0 Å². The van der Waals surface area contributed by atoms with Crippen LogP contribution in [0.1, 0.15) is 52.0 Å². The van der Waals surface area contributed by atoms with Gasteiger partial charge in [-0.1, -0.05) is 48.5 Å². The molecule has 2 aromatic heterocycles. The largest absolute Gasteiger partial charge is 0.444 e. The van der Waals surface area contributed by atoms with Crippen LogP contribution in [0.4, 0.5) is 9.18 Å². The predicted octanol–water partition coefficient (Wildman–Crippen LogP) is 5.21. The van der Waals surface area contributed by atoms with Crippen LogP contribution in [-0.4, -0.2) is 44.3 Å². The second-order valence-electron chi connectivity index (χ2n) is 11.0. The zero-order valence-electron chi connectivity index (χ0n) is 23.3. The van der Waals surface area contributed by atoms with Gasteiger partial charge in [0.15, 0.2) is 11.5 Å². The molecule has 0 radical (unpaired) electrons. The molecule has 2 heterocycles. The van der Waals surface area contributed by atoms with Crippen LogP contribution < -0.4 is 10.6 Å². The molecule has 0 saturated heterocycles. The van der Waals surface area contributed by atoms with Crippen LogP contribution in [-0.2, 0) is 20.9 Å². The van der Waals surface area contributed by atoms with Crippen molar-refractivity contribution in [1.29, 1.82) is 0 Å². The minimum Gasteiger partial charge on any atom is -0.444 e. The summed E-state index contributed by atoms with van der Waals surface area (Å²) in [5.41, 5.74) is 0.483. The van der Waals surface area contributed by atoms with Crippen LogP contribution in [0, 0.1) is 5.82 Å². The van der Waals surface area contributed by atoms with Gasteiger partial charge in [0.25, 0.3) is 0 Å². The van der Waals surface area contributed by atoms with Gasteiger partial charge in [0.1, 0.15) is 23.0 Å². The van der Waals surface area contributed by atoms with Crippen molar-refractivity contribution in [2.45, 2.75) is 58.4 Å². The van der Waals surface area contributed by atoms with Gasteiger partial charge in [-0.15, -0.1) is 10.2 Å². The van der Waals surface area contributed by atoms with E-state index in [4.69, 9.17) is 9.47 Å². The number of halogens is 1. The molecule has 0 saturated carbocycles. The SMILES string of the molecule is CC(C)(C)OC(=O)NC(C)(C)C(=O)N[C@H](COCc1ccccc1)c1nnc2ccc(-c3ccccc3F)cn12. The van der Waals surface area contributed by atoms with Gasteiger partial charge in [0.2, 0.25) is 5.91 Å². The molecule has 40 heavy (non-hydrogen) atoms. The van der Waals surface area contributed by atoms with Gasteiger partial charge in [-0.3, -0.25) is 9.20 Å². The first-order valence-electron chi connectivity index (χ1n) is 13.0. The lowest BCUT2D eigenvalue weighted by Crippen LogP contribution is -2.56. The summed E-state index contributed by atoms with van der Waals surface area (Å²) in [6.07, 6.45) is 1.01. The maximum Gasteiger partial charge on any atom is 0.408 e. The molecule has 10 heteroatoms. The smallest absolute Gasteiger partial charge is 0.408 e. The number of nitrogens with zero attached hydrogens (tertiary/aromatic N) is 3. The summed E-state index contributed by atoms with van der Waals surface area (Å²) >= 11 is 0. The molecule has 210 valence electrons. The quantitative estimate of drug-likeness (QED) is 0.298. The number of hydrogen-bond acceptors (Lipinski definition) is 6. The maximum atomic E-state index is 14.5. The standard InChI is InChI=1S/C30H34FN5O4/c1-29(2,3)40-28(38)33-30(4,5)27(37)32-24(19-39-18-20-11-7-6-8-12-20)26-35-34-25-16-15-21(17-36(25)26)22-13-9-10-14-23(22)31/h6-17,24H,18-19H2,1-5H3,(H,32,37)(H,33,38)/t24-/m1/s1. The Kier molecular flexibility index (Phi) is 8.49. The summed E-state index contributed by atoms with van der Waals surface area (Å²) in [6.45, 7) is 8.75. The van der Waals surface area contributed by atoms with Gasteiger partial charge in [0, 0.05) is 17.3 Å². The fourth-order valence-corrected chi connectivity index (χ4v) is 4.00. The number of rotatable bonds is 9. The van der Waals surface area contributed by atoms with Gasteiger partial charge in [-0.25, -0.2) is 9.18 Å². The summed E-state index contributed by atoms with van der Waals surface area (Å²) in [4.78, 5) is 25.8. The molecule has 1 atom stereocenters. The van der Waals surface area contributed by atoms with Gasteiger partial charge < -0.3 is 20.1 Å². The molecule has 2 aromatic carbocycles. The number of fused-ring (bicyclic) bond motifs is 1. The lowest BCUT2D eigenvalue weighted by molar-refractivity contribution is -0.127. The van der Waals surface area contributed by atoms with Crippen LogP contribution in [0.3, 0.4) is 0 Å². The van der Waals surface area contributed by atoms with Crippen LogP contribution in [0.2, 0.25) is 0 Å². The fourth-order valence-electron chi connectivity index (χ4n) is 4.00. The molecule has 4 rings (SSSR count). The molecule has 0 bridgehead atoms. The van der Waals surface area contributed by atoms with Crippen molar-refractivity contribution in [3.05, 3.63) is 90.1 Å². The Morgan fingerprint density at radius 3 is 2.35 bits per heavy atom. The molecule has 2 N–H and O–H groups in total. The molecule has 0 fully saturated rings. The summed E-state index contributed by atoms with van der Waals surface area (Å²) in [5, 5.41) is 14.1. The van der Waals surface area contributed by atoms with Crippen LogP contribution in [0.5, 0.6) is 0 Å². The number of amides is 2. The van der Waals surface area contributed by atoms with Gasteiger partial charge >= 0.3 is 6.09 Å². The second-order valence-corrected chi connectivity index (χ2v) is 11.0. The molecule has 9 nitrogen and oxygen atoms in total. The van der Waals surface area contributed by atoms with Crippen molar-refractivity contribution < 1.29 is 23.5 Å². The zero-order valence-corrected chi connectivity index (χ0v) is 23.3. The number of carbonyl (C=O) groups excluding carboxylic acids is 2. The summed E-state index contributed by atoms with van der Waals surface area (Å²) in [7, 11) is 0. The minimum atomic E-state index is -1.32. The molecular formula is C30H34FN5O4. The van der Waals surface area contributed by atoms with Crippen molar-refractivity contribution >= 4 is 17.6 Å². The minimum absolute atomic E-state index is 0.0634. The molecule has 0 aliphatic carbocycles. The van der Waals surface area contributed by atoms with E-state index < -0.39 is 29.2 Å². The Hall–Kier alpha value is -4.31. The number of ether oxygens (including phenoxy) is 2. The number of nitrogens with one attached hydrogen (secondary N) is 2. The first-order valence-corrected chi connectivity index (χ1v) is 13.0. The third-order valence-corrected chi connectivity index (χ3v) is 6.01. The van der Waals surface area contributed by atoms with Crippen LogP contribution in [0.25, 0.3) is 16.8 Å². The molecule has 0 unspecified atom stereocenters. The topological polar surface area (TPSA) is 107 Å². The van der Waals surface area contributed by atoms with Crippen molar-refractivity contribution in [1.82, 2.24) is 25.2 Å². The Labute approximate surface area is 232 Å². The first-order chi connectivity index (χ1) is 18.9. The Morgan fingerprint density at radius 1 is 0.950 bits per heavy atom. The molecular weight excluding hydrogens is 513 g/mol. The van der Waals surface area contributed by atoms with Crippen molar-refractivity contribution in [2.75, 3.05) is 6.61 Å². The van der Waals surface area contributed by atoms with E-state index in [2.05, 4.69) is 20.8 Å². The van der Waals surface area contributed by atoms with E-state index in [-0.39, 0.29) is 12.4 Å². The van der Waals surface area contributed by atoms with E-state index in [1.54, 1.807) is 75.5 Å². The lowest BCUT2D eigenvalue weighted by Gasteiger charge is -2.29. The second kappa shape index (κ2) is 11.8. The number of aromatic nitrogens is 3. The van der Waals surface area contributed by atoms with E-state index >= 15 is 0 Å². The normalized spacial score (nSPS) is 12.7. The highest BCUT2D eigenvalue weighted by atomic mass is 19.1. The van der Waals surface area contributed by atoms with Crippen LogP contribution in [0.15, 0.2) is 72.9 Å². The van der Waals surface area contributed by atoms with E-state index in [9.17, 15) is 14.0 Å². The third-order valence-electron chi connectivity index (χ3n) is 6.01. The number of benzene rings is 2. The zero-order chi connectivity index (χ0) is 28.9. The van der Waals surface area contributed by atoms with E-state index in [0.717, 1.165) is 5.56 Å². The molecule has 4 aromatic rings. The first kappa shape index (κ1) is 28.7. The Morgan fingerprint density at radius 2 is 1.65 bits per heavy atom. The summed E-state index contributed by atoms with van der Waals surface area (Å²) in [5.74, 6) is -0.446. The number of alkyl carbamates (subject to hydrolysis) is 1. The van der Waals surface area contributed by atoms with Crippen molar-refractivity contribution in [2.24, 2.45) is 0 Å². The van der Waals surface area contributed by atoms with Crippen LogP contribution >= 0.6 is 0 Å². The van der Waals surface area contributed by atoms with E-state index in [1.165, 1.54) is 6.07 Å². The highest BCUT2D eigenvalue weighted by molar-refractivity contribution is 5.89. The van der Waals surface area contributed by atoms with Crippen molar-refractivity contribution in [3.8, 4) is 11.1 Å². The average Bonchev–Trinajstić information content (AvgIpc) is 3.30. The Bertz CT molecular complexity index is 1480. The van der Waals surface area contributed by atoms with Gasteiger partial charge in [0.05, 0.1) is 13.2 Å². The Balaban J connectivity index is 1.62. The summed E-state index contributed by atoms with van der Waals surface area (Å²) < 4.78 is 27.5.